The van der Waals surface area contributed by atoms with E-state index in [0.717, 1.165) is 0 Å². The van der Waals surface area contributed by atoms with Gasteiger partial charge >= 0.3 is 0 Å². The van der Waals surface area contributed by atoms with Crippen molar-refractivity contribution in [3.8, 4) is 22.3 Å². The van der Waals surface area contributed by atoms with Crippen LogP contribution in [0, 0.1) is 0 Å². The van der Waals surface area contributed by atoms with Gasteiger partial charge in [0.15, 0.2) is 0 Å². The second-order valence-corrected chi connectivity index (χ2v) is 11.1. The number of rotatable bonds is 2. The van der Waals surface area contributed by atoms with Crippen molar-refractivity contribution in [2.24, 2.45) is 0 Å². The summed E-state index contributed by atoms with van der Waals surface area (Å²) in [6.45, 7) is 0. The van der Waals surface area contributed by atoms with E-state index in [-0.39, 0.29) is 0 Å². The molecule has 2 heteroatoms. The smallest absolute Gasteiger partial charge is 0.0465 e. The van der Waals surface area contributed by atoms with Crippen LogP contribution in [-0.4, -0.2) is 4.98 Å². The summed E-state index contributed by atoms with van der Waals surface area (Å²) in [6, 6.07) is 36.2. The maximum Gasteiger partial charge on any atom is 0.0465 e. The van der Waals surface area contributed by atoms with E-state index < -0.39 is 0 Å². The van der Waals surface area contributed by atoms with Crippen molar-refractivity contribution in [2.75, 3.05) is 0 Å². The van der Waals surface area contributed by atoms with Crippen LogP contribution < -0.4 is 0 Å². The number of hydrogen-bond acceptors (Lipinski definition) is 1. The molecular weight excluding hydrogens is 454 g/mol. The van der Waals surface area contributed by atoms with Crippen molar-refractivity contribution >= 4 is 53.3 Å². The lowest BCUT2D eigenvalue weighted by Crippen LogP contribution is -2.02. The van der Waals surface area contributed by atoms with Crippen molar-refractivity contribution < 1.29 is 0 Å². The molecule has 0 spiro atoms. The zero-order valence-corrected chi connectivity index (χ0v) is 20.8. The second-order valence-electron chi connectivity index (χ2n) is 10.1. The van der Waals surface area contributed by atoms with Gasteiger partial charge in [-0.2, -0.15) is 0 Å². The molecular formula is C34H25NS. The summed E-state index contributed by atoms with van der Waals surface area (Å²) in [5, 5.41) is 5.29. The molecule has 36 heavy (non-hydrogen) atoms. The number of thiophene rings is 1. The quantitative estimate of drug-likeness (QED) is 0.254. The predicted molar refractivity (Wildman–Crippen MR) is 156 cm³/mol. The van der Waals surface area contributed by atoms with Crippen LogP contribution in [-0.2, 0) is 12.8 Å². The van der Waals surface area contributed by atoms with Crippen LogP contribution in [0.25, 0.3) is 64.2 Å². The number of aromatic amines is 1. The topological polar surface area (TPSA) is 15.8 Å². The third-order valence-electron chi connectivity index (χ3n) is 8.00. The number of aryl methyl sites for hydroxylation is 2. The Balaban J connectivity index is 1.34. The van der Waals surface area contributed by atoms with Gasteiger partial charge in [-0.15, -0.1) is 11.3 Å². The molecule has 0 unspecified atom stereocenters. The van der Waals surface area contributed by atoms with Gasteiger partial charge in [-0.25, -0.2) is 0 Å². The van der Waals surface area contributed by atoms with E-state index in [2.05, 4.69) is 102 Å². The number of benzene rings is 5. The molecule has 0 saturated heterocycles. The Kier molecular flexibility index (Phi) is 4.41. The Morgan fingerprint density at radius 1 is 0.500 bits per heavy atom. The molecule has 0 aliphatic heterocycles. The van der Waals surface area contributed by atoms with E-state index in [9.17, 15) is 0 Å². The van der Waals surface area contributed by atoms with Gasteiger partial charge in [-0.05, 0) is 77.3 Å². The van der Waals surface area contributed by atoms with Crippen LogP contribution in [0.1, 0.15) is 24.0 Å². The fourth-order valence-corrected chi connectivity index (χ4v) is 7.56. The van der Waals surface area contributed by atoms with Crippen molar-refractivity contribution in [1.29, 1.82) is 0 Å². The fraction of sp³-hybridized carbons (Fsp3) is 0.118. The van der Waals surface area contributed by atoms with Crippen LogP contribution in [0.4, 0.5) is 0 Å². The van der Waals surface area contributed by atoms with Gasteiger partial charge in [-0.3, -0.25) is 0 Å². The largest absolute Gasteiger partial charge is 0.355 e. The lowest BCUT2D eigenvalue weighted by molar-refractivity contribution is 0.686. The fourth-order valence-electron chi connectivity index (χ4n) is 6.19. The summed E-state index contributed by atoms with van der Waals surface area (Å²) in [7, 11) is 0. The van der Waals surface area contributed by atoms with Crippen molar-refractivity contribution in [2.45, 2.75) is 25.7 Å². The van der Waals surface area contributed by atoms with E-state index in [1.807, 2.05) is 11.3 Å². The molecule has 0 bridgehead atoms. The SMILES string of the molecule is c1ccc2c(c1)[nH]c1ccc(-c3cccc4c3sc3c(-c5ccc6c(c5)CCCC6)cccc34)cc12. The summed E-state index contributed by atoms with van der Waals surface area (Å²) in [6.07, 6.45) is 5.08. The number of nitrogens with one attached hydrogen (secondary N) is 1. The Morgan fingerprint density at radius 2 is 1.14 bits per heavy atom. The summed E-state index contributed by atoms with van der Waals surface area (Å²) >= 11 is 1.95. The minimum atomic E-state index is 1.19. The molecule has 1 N–H and O–H groups in total. The maximum absolute atomic E-state index is 3.57. The molecule has 1 aliphatic carbocycles. The highest BCUT2D eigenvalue weighted by molar-refractivity contribution is 7.26. The monoisotopic (exact) mass is 479 g/mol. The van der Waals surface area contributed by atoms with E-state index in [1.165, 1.54) is 89.9 Å². The highest BCUT2D eigenvalue weighted by Crippen LogP contribution is 2.44. The Hall–Kier alpha value is -3.88. The number of fused-ring (bicyclic) bond motifs is 7. The molecule has 5 aromatic carbocycles. The van der Waals surface area contributed by atoms with E-state index in [4.69, 9.17) is 0 Å². The molecule has 7 aromatic rings. The molecule has 2 heterocycles. The minimum Gasteiger partial charge on any atom is -0.355 e. The number of aromatic nitrogens is 1. The minimum absolute atomic E-state index is 1.19. The average molecular weight is 480 g/mol. The maximum atomic E-state index is 3.57. The van der Waals surface area contributed by atoms with Crippen LogP contribution in [0.5, 0.6) is 0 Å². The highest BCUT2D eigenvalue weighted by atomic mass is 32.1. The molecule has 2 aromatic heterocycles. The van der Waals surface area contributed by atoms with Gasteiger partial charge in [0.2, 0.25) is 0 Å². The Labute approximate surface area is 214 Å². The first-order chi connectivity index (χ1) is 17.8. The molecule has 172 valence electrons. The zero-order chi connectivity index (χ0) is 23.6. The zero-order valence-electron chi connectivity index (χ0n) is 20.0. The lowest BCUT2D eigenvalue weighted by atomic mass is 9.89. The molecule has 0 saturated carbocycles. The van der Waals surface area contributed by atoms with Crippen LogP contribution >= 0.6 is 11.3 Å². The van der Waals surface area contributed by atoms with Crippen molar-refractivity contribution in [3.63, 3.8) is 0 Å². The van der Waals surface area contributed by atoms with Crippen molar-refractivity contribution in [1.82, 2.24) is 4.98 Å². The van der Waals surface area contributed by atoms with Gasteiger partial charge in [0, 0.05) is 42.0 Å². The molecule has 0 amide bonds. The number of hydrogen-bond donors (Lipinski definition) is 1. The van der Waals surface area contributed by atoms with Crippen LogP contribution in [0.2, 0.25) is 0 Å². The van der Waals surface area contributed by atoms with E-state index in [1.54, 1.807) is 11.1 Å². The lowest BCUT2D eigenvalue weighted by Gasteiger charge is -2.17. The van der Waals surface area contributed by atoms with Crippen molar-refractivity contribution in [3.05, 3.63) is 108 Å². The van der Waals surface area contributed by atoms with E-state index >= 15 is 0 Å². The summed E-state index contributed by atoms with van der Waals surface area (Å²) < 4.78 is 2.76. The molecule has 0 atom stereocenters. The predicted octanol–water partition coefficient (Wildman–Crippen LogP) is 9.90. The Bertz CT molecular complexity index is 1950. The Morgan fingerprint density at radius 3 is 1.94 bits per heavy atom. The van der Waals surface area contributed by atoms with Gasteiger partial charge in [0.05, 0.1) is 0 Å². The highest BCUT2D eigenvalue weighted by Gasteiger charge is 2.16. The average Bonchev–Trinajstić information content (AvgIpc) is 3.51. The molecule has 1 nitrogen and oxygen atoms in total. The van der Waals surface area contributed by atoms with Crippen LogP contribution in [0.3, 0.4) is 0 Å². The third-order valence-corrected chi connectivity index (χ3v) is 9.29. The van der Waals surface area contributed by atoms with Gasteiger partial charge in [0.1, 0.15) is 0 Å². The standard InChI is InChI=1S/C34H25NS/c1-2-8-22-19-23(16-15-21(22)7-1)25-10-5-12-28-29-13-6-11-26(34(29)36-33(25)28)24-17-18-32-30(20-24)27-9-3-4-14-31(27)35-32/h3-6,9-20,35H,1-2,7-8H2. The first-order valence-corrected chi connectivity index (χ1v) is 13.7. The van der Waals surface area contributed by atoms with E-state index in [0.29, 0.717) is 0 Å². The first kappa shape index (κ1) is 20.3. The second kappa shape index (κ2) is 7.81. The summed E-state index contributed by atoms with van der Waals surface area (Å²) in [4.78, 5) is 3.57. The molecule has 0 fully saturated rings. The van der Waals surface area contributed by atoms with Gasteiger partial charge in [0.25, 0.3) is 0 Å². The van der Waals surface area contributed by atoms with Gasteiger partial charge in [-0.1, -0.05) is 78.9 Å². The third kappa shape index (κ3) is 3.01. The number of para-hydroxylation sites is 1. The summed E-state index contributed by atoms with van der Waals surface area (Å²) in [5.74, 6) is 0. The first-order valence-electron chi connectivity index (χ1n) is 12.9. The molecule has 0 radical (unpaired) electrons. The normalized spacial score (nSPS) is 13.7. The summed E-state index contributed by atoms with van der Waals surface area (Å²) in [5.41, 5.74) is 10.8. The van der Waals surface area contributed by atoms with Crippen LogP contribution in [0.15, 0.2) is 97.1 Å². The molecule has 8 rings (SSSR count). The van der Waals surface area contributed by atoms with Gasteiger partial charge < -0.3 is 4.98 Å². The number of H-pyrrole nitrogens is 1. The molecule has 1 aliphatic rings.